The van der Waals surface area contributed by atoms with Crippen molar-refractivity contribution in [1.82, 2.24) is 4.90 Å². The molecule has 4 heterocycles. The van der Waals surface area contributed by atoms with Crippen LogP contribution in [0.1, 0.15) is 45.1 Å². The van der Waals surface area contributed by atoms with Gasteiger partial charge in [-0.2, -0.15) is 0 Å². The van der Waals surface area contributed by atoms with Gasteiger partial charge in [-0.05, 0) is 51.2 Å². The number of amides is 2. The van der Waals surface area contributed by atoms with E-state index in [0.717, 1.165) is 24.8 Å². The second-order valence-electron chi connectivity index (χ2n) is 10.8. The van der Waals surface area contributed by atoms with Gasteiger partial charge in [-0.1, -0.05) is 55.0 Å². The van der Waals surface area contributed by atoms with E-state index in [4.69, 9.17) is 21.1 Å². The molecular weight excluding hydrogens is 508 g/mol. The van der Waals surface area contributed by atoms with Crippen LogP contribution >= 0.6 is 11.6 Å². The first-order chi connectivity index (χ1) is 18.2. The van der Waals surface area contributed by atoms with Crippen LogP contribution in [0, 0.1) is 18.8 Å². The van der Waals surface area contributed by atoms with Crippen LogP contribution in [0.5, 0.6) is 0 Å². The summed E-state index contributed by atoms with van der Waals surface area (Å²) >= 11 is 6.58. The Balaban J connectivity index is 1.69. The number of hydrogen-bond donors (Lipinski definition) is 1. The van der Waals surface area contributed by atoms with Crippen molar-refractivity contribution in [1.29, 1.82) is 0 Å². The summed E-state index contributed by atoms with van der Waals surface area (Å²) in [5.74, 6) is -3.18. The van der Waals surface area contributed by atoms with Crippen LogP contribution in [0.4, 0.5) is 5.69 Å². The molecule has 1 spiro atoms. The normalized spacial score (nSPS) is 34.8. The van der Waals surface area contributed by atoms with Crippen molar-refractivity contribution in [3.63, 3.8) is 0 Å². The zero-order chi connectivity index (χ0) is 27.2. The van der Waals surface area contributed by atoms with Crippen molar-refractivity contribution in [3.8, 4) is 0 Å². The molecule has 0 saturated carbocycles. The van der Waals surface area contributed by atoms with Crippen LogP contribution in [0.2, 0.25) is 5.02 Å². The number of esters is 1. The Morgan fingerprint density at radius 2 is 1.92 bits per heavy atom. The molecule has 0 aromatic heterocycles. The molecule has 9 heteroatoms. The van der Waals surface area contributed by atoms with E-state index in [-0.39, 0.29) is 31.6 Å². The summed E-state index contributed by atoms with van der Waals surface area (Å²) in [5, 5.41) is 10.7. The van der Waals surface area contributed by atoms with E-state index in [1.54, 1.807) is 24.0 Å². The molecule has 2 amide bonds. The minimum Gasteiger partial charge on any atom is -0.465 e. The van der Waals surface area contributed by atoms with Gasteiger partial charge in [0.15, 0.2) is 0 Å². The van der Waals surface area contributed by atoms with Gasteiger partial charge in [0.1, 0.15) is 17.6 Å². The summed E-state index contributed by atoms with van der Waals surface area (Å²) in [5.41, 5.74) is -1.19. The predicted molar refractivity (Wildman–Crippen MR) is 143 cm³/mol. The number of likely N-dealkylation sites (tertiary alicyclic amines) is 1. The summed E-state index contributed by atoms with van der Waals surface area (Å²) in [6, 6.07) is 3.71. The van der Waals surface area contributed by atoms with E-state index >= 15 is 0 Å². The van der Waals surface area contributed by atoms with Crippen LogP contribution in [0.25, 0.3) is 0 Å². The van der Waals surface area contributed by atoms with Gasteiger partial charge >= 0.3 is 5.97 Å². The number of aryl methyl sites for hydroxylation is 1. The molecule has 0 radical (unpaired) electrons. The number of ether oxygens (including phenoxy) is 2. The molecule has 6 atom stereocenters. The summed E-state index contributed by atoms with van der Waals surface area (Å²) in [7, 11) is 0. The first-order valence-corrected chi connectivity index (χ1v) is 13.8. The Kier molecular flexibility index (Phi) is 7.18. The lowest BCUT2D eigenvalue weighted by molar-refractivity contribution is -0.160. The highest BCUT2D eigenvalue weighted by Gasteiger charge is 2.75. The van der Waals surface area contributed by atoms with Crippen molar-refractivity contribution >= 4 is 35.1 Å². The minimum absolute atomic E-state index is 0.220. The highest BCUT2D eigenvalue weighted by atomic mass is 35.5. The smallest absolute Gasteiger partial charge is 0.313 e. The topological polar surface area (TPSA) is 96.4 Å². The predicted octanol–water partition coefficient (Wildman–Crippen LogP) is 3.58. The zero-order valence-electron chi connectivity index (χ0n) is 22.1. The number of anilines is 1. The SMILES string of the molecule is CC[C@@H](CO)N1C(=O)[C@@H]2[C@H]3C(=O)OCCCC/C=C\[C@@]3(C)O[C@@]23C=CCN(c2c(C)cccc2Cl)C(=O)C13. The van der Waals surface area contributed by atoms with Gasteiger partial charge in [0.2, 0.25) is 5.91 Å². The van der Waals surface area contributed by atoms with Crippen molar-refractivity contribution < 1.29 is 29.0 Å². The molecule has 1 aromatic carbocycles. The molecule has 4 aliphatic heterocycles. The van der Waals surface area contributed by atoms with Gasteiger partial charge in [-0.25, -0.2) is 0 Å². The number of rotatable bonds is 4. The molecule has 0 aliphatic carbocycles. The summed E-state index contributed by atoms with van der Waals surface area (Å²) in [6.07, 6.45) is 10.3. The Morgan fingerprint density at radius 1 is 1.13 bits per heavy atom. The number of benzene rings is 1. The van der Waals surface area contributed by atoms with Crippen molar-refractivity contribution in [2.45, 2.75) is 69.7 Å². The number of fused-ring (bicyclic) bond motifs is 2. The molecule has 2 saturated heterocycles. The van der Waals surface area contributed by atoms with Crippen LogP contribution in [0.3, 0.4) is 0 Å². The maximum Gasteiger partial charge on any atom is 0.313 e. The van der Waals surface area contributed by atoms with E-state index in [1.807, 2.05) is 44.2 Å². The highest BCUT2D eigenvalue weighted by molar-refractivity contribution is 6.34. The number of aliphatic hydroxyl groups excluding tert-OH is 1. The third-order valence-corrected chi connectivity index (χ3v) is 8.78. The molecular formula is C29H35ClN2O6. The lowest BCUT2D eigenvalue weighted by Gasteiger charge is -2.40. The van der Waals surface area contributed by atoms with Gasteiger partial charge in [-0.3, -0.25) is 14.4 Å². The largest absolute Gasteiger partial charge is 0.465 e. The lowest BCUT2D eigenvalue weighted by atomic mass is 9.74. The quantitative estimate of drug-likeness (QED) is 0.461. The molecule has 1 N–H and O–H groups in total. The van der Waals surface area contributed by atoms with Gasteiger partial charge in [0.25, 0.3) is 5.91 Å². The monoisotopic (exact) mass is 542 g/mol. The number of aliphatic hydroxyl groups is 1. The number of carbonyl (C=O) groups is 3. The van der Waals surface area contributed by atoms with Crippen LogP contribution in [-0.2, 0) is 23.9 Å². The van der Waals surface area contributed by atoms with Crippen molar-refractivity contribution in [3.05, 3.63) is 53.1 Å². The molecule has 0 bridgehead atoms. The van der Waals surface area contributed by atoms with Gasteiger partial charge in [0, 0.05) is 6.54 Å². The average Bonchev–Trinajstić information content (AvgIpc) is 3.21. The van der Waals surface area contributed by atoms with Crippen molar-refractivity contribution in [2.24, 2.45) is 11.8 Å². The average molecular weight is 543 g/mol. The molecule has 8 nitrogen and oxygen atoms in total. The number of hydrogen-bond acceptors (Lipinski definition) is 6. The van der Waals surface area contributed by atoms with Crippen molar-refractivity contribution in [2.75, 3.05) is 24.7 Å². The van der Waals surface area contributed by atoms with E-state index in [1.165, 1.54) is 4.90 Å². The fraction of sp³-hybridized carbons (Fsp3) is 0.552. The molecule has 2 fully saturated rings. The number of carbonyl (C=O) groups excluding carboxylic acids is 3. The van der Waals surface area contributed by atoms with E-state index < -0.39 is 41.1 Å². The van der Waals surface area contributed by atoms with Gasteiger partial charge < -0.3 is 24.4 Å². The Hall–Kier alpha value is -2.68. The Morgan fingerprint density at radius 3 is 2.63 bits per heavy atom. The molecule has 1 unspecified atom stereocenters. The fourth-order valence-electron chi connectivity index (χ4n) is 6.71. The summed E-state index contributed by atoms with van der Waals surface area (Å²) in [4.78, 5) is 45.4. The third kappa shape index (κ3) is 4.00. The molecule has 1 aromatic rings. The maximum absolute atomic E-state index is 14.5. The van der Waals surface area contributed by atoms with E-state index in [0.29, 0.717) is 17.1 Å². The highest BCUT2D eigenvalue weighted by Crippen LogP contribution is 2.57. The van der Waals surface area contributed by atoms with Gasteiger partial charge in [-0.15, -0.1) is 0 Å². The first kappa shape index (κ1) is 26.9. The fourth-order valence-corrected chi connectivity index (χ4v) is 7.03. The Bertz CT molecular complexity index is 1180. The summed E-state index contributed by atoms with van der Waals surface area (Å²) in [6.45, 7) is 5.69. The van der Waals surface area contributed by atoms with Gasteiger partial charge in [0.05, 0.1) is 41.5 Å². The third-order valence-electron chi connectivity index (χ3n) is 8.47. The van der Waals surface area contributed by atoms with Crippen LogP contribution in [-0.4, -0.2) is 70.8 Å². The minimum atomic E-state index is -1.42. The molecule has 204 valence electrons. The lowest BCUT2D eigenvalue weighted by Crippen LogP contribution is -2.59. The van der Waals surface area contributed by atoms with Crippen LogP contribution < -0.4 is 4.90 Å². The molecule has 38 heavy (non-hydrogen) atoms. The van der Waals surface area contributed by atoms with Crippen LogP contribution in [0.15, 0.2) is 42.5 Å². The summed E-state index contributed by atoms with van der Waals surface area (Å²) < 4.78 is 12.5. The molecule has 5 rings (SSSR count). The number of para-hydroxylation sites is 1. The number of cyclic esters (lactones) is 1. The number of halogens is 1. The number of nitrogens with zero attached hydrogens (tertiary/aromatic N) is 2. The second kappa shape index (κ2) is 10.1. The maximum atomic E-state index is 14.5. The molecule has 4 aliphatic rings. The first-order valence-electron chi connectivity index (χ1n) is 13.4. The second-order valence-corrected chi connectivity index (χ2v) is 11.2. The standard InChI is InChI=1S/C29H35ClN2O6/c1-4-19(17-33)32-24-26(35)31(23-18(2)11-9-12-20(23)30)15-10-14-29(24)21(25(32)34)22-27(36)37-16-8-6-5-7-13-28(22,3)38-29/h7,9-14,19,21-22,24,33H,4-6,8,15-17H2,1-3H3/b13-7-/t19-,21-,22-,24?,28+,29-/m0/s1. The zero-order valence-corrected chi connectivity index (χ0v) is 22.8. The van der Waals surface area contributed by atoms with E-state index in [9.17, 15) is 19.5 Å². The Labute approximate surface area is 228 Å². The number of allylic oxidation sites excluding steroid dienone is 1. The van der Waals surface area contributed by atoms with E-state index in [2.05, 4.69) is 0 Å².